The van der Waals surface area contributed by atoms with Gasteiger partial charge in [-0.15, -0.1) is 0 Å². The van der Waals surface area contributed by atoms with Gasteiger partial charge in [-0.2, -0.15) is 0 Å². The van der Waals surface area contributed by atoms with Gasteiger partial charge in [0.25, 0.3) is 0 Å². The first-order chi connectivity index (χ1) is 7.72. The third-order valence-electron chi connectivity index (χ3n) is 2.54. The molecule has 6 heteroatoms. The standard InChI is InChI=1S/C10H13N3O3/c1-16-9-4-2-3-8(10(9)13(14)15)12-7-5-11-6-7/h2-4,7,11-12H,5-6H2,1H3. The number of hydrogen-bond donors (Lipinski definition) is 2. The number of rotatable bonds is 4. The summed E-state index contributed by atoms with van der Waals surface area (Å²) < 4.78 is 4.98. The van der Waals surface area contributed by atoms with Gasteiger partial charge in [0.1, 0.15) is 5.69 Å². The lowest BCUT2D eigenvalue weighted by Gasteiger charge is -2.28. The molecule has 1 aliphatic rings. The van der Waals surface area contributed by atoms with Crippen molar-refractivity contribution in [2.45, 2.75) is 6.04 Å². The maximum atomic E-state index is 11.0. The van der Waals surface area contributed by atoms with Crippen LogP contribution in [0.25, 0.3) is 0 Å². The fraction of sp³-hybridized carbons (Fsp3) is 0.400. The van der Waals surface area contributed by atoms with Gasteiger partial charge in [-0.05, 0) is 12.1 Å². The number of nitrogens with one attached hydrogen (secondary N) is 2. The highest BCUT2D eigenvalue weighted by atomic mass is 16.6. The van der Waals surface area contributed by atoms with E-state index in [1.54, 1.807) is 18.2 Å². The van der Waals surface area contributed by atoms with Gasteiger partial charge >= 0.3 is 5.69 Å². The second kappa shape index (κ2) is 4.36. The topological polar surface area (TPSA) is 76.4 Å². The second-order valence-corrected chi connectivity index (χ2v) is 3.61. The van der Waals surface area contributed by atoms with Gasteiger partial charge in [0.2, 0.25) is 0 Å². The first-order valence-corrected chi connectivity index (χ1v) is 5.01. The molecule has 0 amide bonds. The Balaban J connectivity index is 2.30. The quantitative estimate of drug-likeness (QED) is 0.588. The van der Waals surface area contributed by atoms with Crippen LogP contribution in [0.2, 0.25) is 0 Å². The Morgan fingerprint density at radius 3 is 2.81 bits per heavy atom. The van der Waals surface area contributed by atoms with Crippen LogP contribution >= 0.6 is 0 Å². The second-order valence-electron chi connectivity index (χ2n) is 3.61. The summed E-state index contributed by atoms with van der Waals surface area (Å²) >= 11 is 0. The average molecular weight is 223 g/mol. The molecule has 1 aromatic rings. The number of hydrogen-bond acceptors (Lipinski definition) is 5. The molecule has 0 unspecified atom stereocenters. The molecule has 2 N–H and O–H groups in total. The summed E-state index contributed by atoms with van der Waals surface area (Å²) in [4.78, 5) is 10.5. The predicted octanol–water partition coefficient (Wildman–Crippen LogP) is 0.987. The van der Waals surface area contributed by atoms with Crippen LogP contribution in [0.5, 0.6) is 5.75 Å². The summed E-state index contributed by atoms with van der Waals surface area (Å²) in [6, 6.07) is 5.27. The number of methoxy groups -OCH3 is 1. The molecule has 0 radical (unpaired) electrons. The molecule has 1 aromatic carbocycles. The minimum absolute atomic E-state index is 0.00287. The SMILES string of the molecule is COc1cccc(NC2CNC2)c1[N+](=O)[O-]. The molecule has 86 valence electrons. The molecule has 0 atom stereocenters. The maximum absolute atomic E-state index is 11.0. The monoisotopic (exact) mass is 223 g/mol. The minimum Gasteiger partial charge on any atom is -0.490 e. The molecule has 1 saturated heterocycles. The van der Waals surface area contributed by atoms with Crippen molar-refractivity contribution in [3.8, 4) is 5.75 Å². The molecule has 2 rings (SSSR count). The van der Waals surface area contributed by atoms with Crippen LogP contribution in [0.1, 0.15) is 0 Å². The van der Waals surface area contributed by atoms with Gasteiger partial charge in [0, 0.05) is 13.1 Å². The Morgan fingerprint density at radius 2 is 2.31 bits per heavy atom. The highest BCUT2D eigenvalue weighted by Gasteiger charge is 2.24. The van der Waals surface area contributed by atoms with E-state index in [1.165, 1.54) is 7.11 Å². The summed E-state index contributed by atoms with van der Waals surface area (Å²) in [6.07, 6.45) is 0. The number of ether oxygens (including phenoxy) is 1. The lowest BCUT2D eigenvalue weighted by molar-refractivity contribution is -0.384. The van der Waals surface area contributed by atoms with E-state index < -0.39 is 4.92 Å². The van der Waals surface area contributed by atoms with Crippen molar-refractivity contribution < 1.29 is 9.66 Å². The normalized spacial score (nSPS) is 15.3. The van der Waals surface area contributed by atoms with Crippen molar-refractivity contribution in [1.29, 1.82) is 0 Å². The van der Waals surface area contributed by atoms with Crippen molar-refractivity contribution in [2.75, 3.05) is 25.5 Å². The number of nitro groups is 1. The van der Waals surface area contributed by atoms with Gasteiger partial charge in [0.15, 0.2) is 5.75 Å². The Kier molecular flexibility index (Phi) is 2.91. The summed E-state index contributed by atoms with van der Waals surface area (Å²) in [5, 5.41) is 17.2. The van der Waals surface area contributed by atoms with Crippen LogP contribution in [0.4, 0.5) is 11.4 Å². The Labute approximate surface area is 92.8 Å². The molecule has 0 saturated carbocycles. The zero-order valence-corrected chi connectivity index (χ0v) is 8.90. The highest BCUT2D eigenvalue weighted by molar-refractivity contribution is 5.68. The van der Waals surface area contributed by atoms with E-state index in [0.29, 0.717) is 5.69 Å². The van der Waals surface area contributed by atoms with E-state index in [2.05, 4.69) is 10.6 Å². The van der Waals surface area contributed by atoms with Gasteiger partial charge < -0.3 is 15.4 Å². The molecule has 16 heavy (non-hydrogen) atoms. The number of anilines is 1. The molecule has 1 aliphatic heterocycles. The van der Waals surface area contributed by atoms with Gasteiger partial charge in [-0.3, -0.25) is 10.1 Å². The lowest BCUT2D eigenvalue weighted by Crippen LogP contribution is -2.51. The smallest absolute Gasteiger partial charge is 0.333 e. The molecule has 1 fully saturated rings. The Morgan fingerprint density at radius 1 is 1.56 bits per heavy atom. The number of para-hydroxylation sites is 1. The van der Waals surface area contributed by atoms with Crippen molar-refractivity contribution in [1.82, 2.24) is 5.32 Å². The maximum Gasteiger partial charge on any atom is 0.333 e. The molecule has 0 aromatic heterocycles. The van der Waals surface area contributed by atoms with E-state index in [9.17, 15) is 10.1 Å². The molecule has 0 spiro atoms. The number of benzene rings is 1. The fourth-order valence-corrected chi connectivity index (χ4v) is 1.60. The number of nitrogens with zero attached hydrogens (tertiary/aromatic N) is 1. The lowest BCUT2D eigenvalue weighted by atomic mass is 10.1. The largest absolute Gasteiger partial charge is 0.490 e. The summed E-state index contributed by atoms with van der Waals surface area (Å²) in [7, 11) is 1.43. The zero-order chi connectivity index (χ0) is 11.5. The van der Waals surface area contributed by atoms with Crippen molar-refractivity contribution in [2.24, 2.45) is 0 Å². The predicted molar refractivity (Wildman–Crippen MR) is 59.9 cm³/mol. The molecular formula is C10H13N3O3. The minimum atomic E-state index is -0.423. The van der Waals surface area contributed by atoms with Gasteiger partial charge in [0.05, 0.1) is 18.1 Å². The van der Waals surface area contributed by atoms with E-state index in [0.717, 1.165) is 13.1 Å². The van der Waals surface area contributed by atoms with E-state index in [1.807, 2.05) is 0 Å². The summed E-state index contributed by atoms with van der Waals surface area (Å²) in [5.74, 6) is 0.280. The van der Waals surface area contributed by atoms with Gasteiger partial charge in [-0.1, -0.05) is 6.07 Å². The van der Waals surface area contributed by atoms with Crippen molar-refractivity contribution >= 4 is 11.4 Å². The number of nitro benzene ring substituents is 1. The summed E-state index contributed by atoms with van der Waals surface area (Å²) in [6.45, 7) is 1.66. The van der Waals surface area contributed by atoms with Crippen molar-refractivity contribution in [3.63, 3.8) is 0 Å². The first kappa shape index (κ1) is 10.7. The van der Waals surface area contributed by atoms with Crippen LogP contribution in [-0.4, -0.2) is 31.2 Å². The van der Waals surface area contributed by atoms with Crippen molar-refractivity contribution in [3.05, 3.63) is 28.3 Å². The van der Waals surface area contributed by atoms with Crippen LogP contribution in [0.3, 0.4) is 0 Å². The van der Waals surface area contributed by atoms with E-state index in [4.69, 9.17) is 4.74 Å². The molecule has 1 heterocycles. The van der Waals surface area contributed by atoms with E-state index in [-0.39, 0.29) is 17.5 Å². The zero-order valence-electron chi connectivity index (χ0n) is 8.90. The third-order valence-corrected chi connectivity index (χ3v) is 2.54. The Hall–Kier alpha value is -1.82. The third kappa shape index (κ3) is 1.92. The van der Waals surface area contributed by atoms with Crippen LogP contribution < -0.4 is 15.4 Å². The molecule has 6 nitrogen and oxygen atoms in total. The van der Waals surface area contributed by atoms with Crippen LogP contribution in [0, 0.1) is 10.1 Å². The summed E-state index contributed by atoms with van der Waals surface area (Å²) in [5.41, 5.74) is 0.507. The van der Waals surface area contributed by atoms with Crippen LogP contribution in [-0.2, 0) is 0 Å². The molecular weight excluding hydrogens is 210 g/mol. The molecule has 0 bridgehead atoms. The van der Waals surface area contributed by atoms with Crippen LogP contribution in [0.15, 0.2) is 18.2 Å². The van der Waals surface area contributed by atoms with E-state index >= 15 is 0 Å². The average Bonchev–Trinajstić information content (AvgIpc) is 2.22. The first-order valence-electron chi connectivity index (χ1n) is 5.01. The Bertz CT molecular complexity index is 404. The molecule has 0 aliphatic carbocycles. The highest BCUT2D eigenvalue weighted by Crippen LogP contribution is 2.34. The van der Waals surface area contributed by atoms with Gasteiger partial charge in [-0.25, -0.2) is 0 Å². The fourth-order valence-electron chi connectivity index (χ4n) is 1.60.